The zero-order valence-electron chi connectivity index (χ0n) is 12.5. The van der Waals surface area contributed by atoms with Crippen molar-refractivity contribution in [3.05, 3.63) is 54.2 Å². The predicted molar refractivity (Wildman–Crippen MR) is 83.7 cm³/mol. The van der Waals surface area contributed by atoms with Crippen molar-refractivity contribution in [3.8, 4) is 5.75 Å². The number of ether oxygens (including phenoxy) is 1. The lowest BCUT2D eigenvalue weighted by Gasteiger charge is -2.12. The second kappa shape index (κ2) is 8.71. The number of halogens is 1. The maximum absolute atomic E-state index is 13.0. The van der Waals surface area contributed by atoms with Gasteiger partial charge in [0.15, 0.2) is 5.96 Å². The molecule has 0 fully saturated rings. The van der Waals surface area contributed by atoms with Gasteiger partial charge < -0.3 is 19.8 Å². The van der Waals surface area contributed by atoms with Crippen LogP contribution in [0.5, 0.6) is 5.75 Å². The van der Waals surface area contributed by atoms with Crippen LogP contribution in [-0.2, 0) is 6.42 Å². The van der Waals surface area contributed by atoms with E-state index >= 15 is 0 Å². The van der Waals surface area contributed by atoms with Gasteiger partial charge in [0.25, 0.3) is 0 Å². The van der Waals surface area contributed by atoms with Crippen molar-refractivity contribution in [3.63, 3.8) is 0 Å². The Bertz CT molecular complexity index is 585. The smallest absolute Gasteiger partial charge is 0.191 e. The molecule has 1 aromatic carbocycles. The lowest BCUT2D eigenvalue weighted by atomic mass is 10.3. The van der Waals surface area contributed by atoms with Crippen molar-refractivity contribution in [2.75, 3.05) is 26.7 Å². The minimum absolute atomic E-state index is 0.305. The van der Waals surface area contributed by atoms with Crippen LogP contribution in [0.4, 0.5) is 4.39 Å². The summed E-state index contributed by atoms with van der Waals surface area (Å²) in [5.41, 5.74) is 0. The average molecular weight is 305 g/mol. The molecule has 1 aromatic heterocycles. The minimum Gasteiger partial charge on any atom is -0.492 e. The molecule has 2 aromatic rings. The molecule has 0 aliphatic heterocycles. The zero-order chi connectivity index (χ0) is 15.6. The summed E-state index contributed by atoms with van der Waals surface area (Å²) < 4.78 is 23.7. The normalized spacial score (nSPS) is 11.3. The largest absolute Gasteiger partial charge is 0.492 e. The third kappa shape index (κ3) is 5.47. The maximum Gasteiger partial charge on any atom is 0.191 e. The van der Waals surface area contributed by atoms with Gasteiger partial charge in [0.1, 0.15) is 23.9 Å². The molecule has 0 unspecified atom stereocenters. The number of nitrogens with one attached hydrogen (secondary N) is 2. The zero-order valence-corrected chi connectivity index (χ0v) is 12.5. The molecular weight excluding hydrogens is 285 g/mol. The summed E-state index contributed by atoms with van der Waals surface area (Å²) in [5.74, 6) is 1.83. The molecular formula is C16H20FN3O2. The monoisotopic (exact) mass is 305 g/mol. The van der Waals surface area contributed by atoms with Gasteiger partial charge in [-0.1, -0.05) is 6.07 Å². The van der Waals surface area contributed by atoms with E-state index in [2.05, 4.69) is 15.6 Å². The molecule has 0 radical (unpaired) electrons. The quantitative estimate of drug-likeness (QED) is 0.468. The number of aliphatic imine (C=N–C) groups is 1. The highest BCUT2D eigenvalue weighted by molar-refractivity contribution is 5.79. The fourth-order valence-corrected chi connectivity index (χ4v) is 1.87. The van der Waals surface area contributed by atoms with Crippen LogP contribution in [0, 0.1) is 5.82 Å². The molecule has 0 atom stereocenters. The second-order valence-electron chi connectivity index (χ2n) is 4.56. The predicted octanol–water partition coefficient (Wildman–Crippen LogP) is 2.21. The number of benzene rings is 1. The summed E-state index contributed by atoms with van der Waals surface area (Å²) in [6.45, 7) is 1.71. The van der Waals surface area contributed by atoms with E-state index in [-0.39, 0.29) is 5.82 Å². The Morgan fingerprint density at radius 3 is 2.82 bits per heavy atom. The molecule has 0 saturated carbocycles. The molecule has 0 saturated heterocycles. The summed E-state index contributed by atoms with van der Waals surface area (Å²) in [6.07, 6.45) is 2.44. The van der Waals surface area contributed by atoms with Gasteiger partial charge in [-0.3, -0.25) is 4.99 Å². The molecule has 2 N–H and O–H groups in total. The third-order valence-electron chi connectivity index (χ3n) is 2.93. The molecule has 0 aliphatic carbocycles. The number of hydrogen-bond donors (Lipinski definition) is 2. The van der Waals surface area contributed by atoms with Crippen molar-refractivity contribution in [2.45, 2.75) is 6.42 Å². The fourth-order valence-electron chi connectivity index (χ4n) is 1.87. The molecule has 0 aliphatic rings. The minimum atomic E-state index is -0.305. The molecule has 118 valence electrons. The Balaban J connectivity index is 1.62. The lowest BCUT2D eigenvalue weighted by Crippen LogP contribution is -2.40. The van der Waals surface area contributed by atoms with E-state index in [9.17, 15) is 4.39 Å². The summed E-state index contributed by atoms with van der Waals surface area (Å²) in [4.78, 5) is 4.11. The van der Waals surface area contributed by atoms with Crippen molar-refractivity contribution in [2.24, 2.45) is 4.99 Å². The van der Waals surface area contributed by atoms with Gasteiger partial charge in [-0.2, -0.15) is 0 Å². The number of nitrogens with zero attached hydrogens (tertiary/aromatic N) is 1. The average Bonchev–Trinajstić information content (AvgIpc) is 3.03. The number of furan rings is 1. The summed E-state index contributed by atoms with van der Waals surface area (Å²) in [6, 6.07) is 9.88. The highest BCUT2D eigenvalue weighted by Crippen LogP contribution is 2.11. The Labute approximate surface area is 129 Å². The first-order valence-electron chi connectivity index (χ1n) is 7.13. The molecule has 5 nitrogen and oxygen atoms in total. The number of rotatable bonds is 7. The van der Waals surface area contributed by atoms with Crippen LogP contribution >= 0.6 is 0 Å². The molecule has 1 heterocycles. The van der Waals surface area contributed by atoms with Gasteiger partial charge in [-0.05, 0) is 24.3 Å². The van der Waals surface area contributed by atoms with Crippen molar-refractivity contribution >= 4 is 5.96 Å². The topological polar surface area (TPSA) is 58.8 Å². The molecule has 2 rings (SSSR count). The van der Waals surface area contributed by atoms with Gasteiger partial charge >= 0.3 is 0 Å². The van der Waals surface area contributed by atoms with Crippen molar-refractivity contribution in [1.29, 1.82) is 0 Å². The molecule has 22 heavy (non-hydrogen) atoms. The van der Waals surface area contributed by atoms with Crippen molar-refractivity contribution in [1.82, 2.24) is 10.6 Å². The van der Waals surface area contributed by atoms with Crippen molar-refractivity contribution < 1.29 is 13.5 Å². The second-order valence-corrected chi connectivity index (χ2v) is 4.56. The van der Waals surface area contributed by atoms with E-state index < -0.39 is 0 Å². The molecule has 6 heteroatoms. The van der Waals surface area contributed by atoms with Gasteiger partial charge in [0.05, 0.1) is 12.8 Å². The van der Waals surface area contributed by atoms with Crippen LogP contribution in [0.3, 0.4) is 0 Å². The van der Waals surface area contributed by atoms with Crippen LogP contribution in [0.1, 0.15) is 5.76 Å². The van der Waals surface area contributed by atoms with Gasteiger partial charge in [-0.25, -0.2) is 4.39 Å². The number of hydrogen-bond acceptors (Lipinski definition) is 3. The lowest BCUT2D eigenvalue weighted by molar-refractivity contribution is 0.320. The molecule has 0 bridgehead atoms. The van der Waals surface area contributed by atoms with Crippen LogP contribution in [0.2, 0.25) is 0 Å². The SMILES string of the molecule is CN=C(NCCOc1cccc(F)c1)NCCc1ccco1. The van der Waals surface area contributed by atoms with Crippen LogP contribution in [0.15, 0.2) is 52.1 Å². The summed E-state index contributed by atoms with van der Waals surface area (Å²) in [5, 5.41) is 6.30. The Kier molecular flexibility index (Phi) is 6.29. The van der Waals surface area contributed by atoms with Gasteiger partial charge in [0, 0.05) is 26.1 Å². The van der Waals surface area contributed by atoms with Crippen LogP contribution in [-0.4, -0.2) is 32.7 Å². The van der Waals surface area contributed by atoms with E-state index in [4.69, 9.17) is 9.15 Å². The molecule has 0 amide bonds. The first-order valence-corrected chi connectivity index (χ1v) is 7.13. The highest BCUT2D eigenvalue weighted by atomic mass is 19.1. The summed E-state index contributed by atoms with van der Waals surface area (Å²) in [7, 11) is 1.70. The standard InChI is InChI=1S/C16H20FN3O2/c1-18-16(19-8-7-14-6-3-10-21-14)20-9-11-22-15-5-2-4-13(17)12-15/h2-6,10,12H,7-9,11H2,1H3,(H2,18,19,20). The van der Waals surface area contributed by atoms with E-state index in [1.807, 2.05) is 12.1 Å². The van der Waals surface area contributed by atoms with E-state index in [0.717, 1.165) is 18.7 Å². The van der Waals surface area contributed by atoms with Gasteiger partial charge in [0.2, 0.25) is 0 Å². The summed E-state index contributed by atoms with van der Waals surface area (Å²) >= 11 is 0. The first-order chi connectivity index (χ1) is 10.8. The Hall–Kier alpha value is -2.50. The Morgan fingerprint density at radius 1 is 1.23 bits per heavy atom. The van der Waals surface area contributed by atoms with Gasteiger partial charge in [-0.15, -0.1) is 0 Å². The maximum atomic E-state index is 13.0. The fraction of sp³-hybridized carbons (Fsp3) is 0.312. The first kappa shape index (κ1) is 15.9. The third-order valence-corrected chi connectivity index (χ3v) is 2.93. The highest BCUT2D eigenvalue weighted by Gasteiger charge is 2.00. The molecule has 0 spiro atoms. The van der Waals surface area contributed by atoms with E-state index in [1.165, 1.54) is 12.1 Å². The number of guanidine groups is 1. The van der Waals surface area contributed by atoms with Crippen LogP contribution in [0.25, 0.3) is 0 Å². The van der Waals surface area contributed by atoms with E-state index in [1.54, 1.807) is 25.4 Å². The van der Waals surface area contributed by atoms with E-state index in [0.29, 0.717) is 24.9 Å². The Morgan fingerprint density at radius 2 is 2.09 bits per heavy atom. The van der Waals surface area contributed by atoms with Crippen LogP contribution < -0.4 is 15.4 Å².